The van der Waals surface area contributed by atoms with E-state index in [1.165, 1.54) is 13.2 Å². The third-order valence-electron chi connectivity index (χ3n) is 3.98. The van der Waals surface area contributed by atoms with E-state index in [-0.39, 0.29) is 11.5 Å². The number of nitrogens with one attached hydrogen (secondary N) is 2. The van der Waals surface area contributed by atoms with Crippen molar-refractivity contribution in [3.8, 4) is 5.75 Å². The predicted molar refractivity (Wildman–Crippen MR) is 92.6 cm³/mol. The van der Waals surface area contributed by atoms with E-state index < -0.39 is 0 Å². The number of benzene rings is 1. The Morgan fingerprint density at radius 3 is 2.83 bits per heavy atom. The molecule has 0 spiro atoms. The molecule has 2 aromatic heterocycles. The zero-order valence-electron chi connectivity index (χ0n) is 13.6. The zero-order valence-corrected chi connectivity index (χ0v) is 13.6. The van der Waals surface area contributed by atoms with Gasteiger partial charge in [-0.1, -0.05) is 6.07 Å². The third kappa shape index (κ3) is 3.17. The molecule has 0 atom stereocenters. The number of hydrogen-bond donors (Lipinski definition) is 2. The van der Waals surface area contributed by atoms with E-state index in [2.05, 4.69) is 10.3 Å². The van der Waals surface area contributed by atoms with Crippen LogP contribution in [0.25, 0.3) is 10.9 Å². The summed E-state index contributed by atoms with van der Waals surface area (Å²) in [6, 6.07) is 10.7. The molecule has 0 saturated heterocycles. The first-order valence-corrected chi connectivity index (χ1v) is 7.69. The molecule has 0 aliphatic carbocycles. The van der Waals surface area contributed by atoms with Crippen LogP contribution in [0.1, 0.15) is 16.1 Å². The highest BCUT2D eigenvalue weighted by molar-refractivity contribution is 5.97. The fourth-order valence-corrected chi connectivity index (χ4v) is 2.68. The highest BCUT2D eigenvalue weighted by Crippen LogP contribution is 2.14. The van der Waals surface area contributed by atoms with Crippen molar-refractivity contribution in [3.05, 3.63) is 64.2 Å². The largest absolute Gasteiger partial charge is 0.496 e. The molecule has 1 amide bonds. The van der Waals surface area contributed by atoms with E-state index in [4.69, 9.17) is 4.74 Å². The van der Waals surface area contributed by atoms with Crippen molar-refractivity contribution in [1.82, 2.24) is 14.9 Å². The standard InChI is InChI=1S/C18H19N3O3/c1-12-9-15(24-2)11-17(22)21(12)8-7-20-18(23)14-4-3-13-5-6-19-16(13)10-14/h3-6,9-11,19H,7-8H2,1-2H3,(H,20,23). The lowest BCUT2D eigenvalue weighted by molar-refractivity contribution is 0.0952. The zero-order chi connectivity index (χ0) is 17.1. The number of ether oxygens (including phenoxy) is 1. The molecule has 0 saturated carbocycles. The number of carbonyl (C=O) groups excluding carboxylic acids is 1. The Bertz CT molecular complexity index is 940. The van der Waals surface area contributed by atoms with Crippen LogP contribution in [0.3, 0.4) is 0 Å². The molecule has 1 aromatic carbocycles. The summed E-state index contributed by atoms with van der Waals surface area (Å²) in [6.07, 6.45) is 1.84. The van der Waals surface area contributed by atoms with Crippen molar-refractivity contribution in [2.45, 2.75) is 13.5 Å². The molecule has 0 aliphatic rings. The van der Waals surface area contributed by atoms with E-state index in [0.717, 1.165) is 16.6 Å². The Balaban J connectivity index is 1.66. The molecule has 2 heterocycles. The lowest BCUT2D eigenvalue weighted by Crippen LogP contribution is -2.31. The van der Waals surface area contributed by atoms with Crippen LogP contribution in [-0.4, -0.2) is 29.1 Å². The summed E-state index contributed by atoms with van der Waals surface area (Å²) in [5.74, 6) is 0.378. The number of nitrogens with zero attached hydrogens (tertiary/aromatic N) is 1. The van der Waals surface area contributed by atoms with E-state index in [1.807, 2.05) is 31.3 Å². The molecule has 0 unspecified atom stereocenters. The van der Waals surface area contributed by atoms with Gasteiger partial charge in [0.2, 0.25) is 0 Å². The van der Waals surface area contributed by atoms with Gasteiger partial charge in [0.15, 0.2) is 0 Å². The molecule has 2 N–H and O–H groups in total. The van der Waals surface area contributed by atoms with Gasteiger partial charge in [0.1, 0.15) is 5.75 Å². The number of carbonyl (C=O) groups is 1. The lowest BCUT2D eigenvalue weighted by Gasteiger charge is -2.12. The maximum Gasteiger partial charge on any atom is 0.254 e. The Labute approximate surface area is 139 Å². The minimum atomic E-state index is -0.161. The first-order chi connectivity index (χ1) is 11.6. The summed E-state index contributed by atoms with van der Waals surface area (Å²) in [7, 11) is 1.53. The van der Waals surface area contributed by atoms with Gasteiger partial charge >= 0.3 is 0 Å². The molecule has 6 heteroatoms. The molecular weight excluding hydrogens is 306 g/mol. The lowest BCUT2D eigenvalue weighted by atomic mass is 10.1. The number of aryl methyl sites for hydroxylation is 1. The molecule has 0 radical (unpaired) electrons. The SMILES string of the molecule is COc1cc(C)n(CCNC(=O)c2ccc3cc[nH]c3c2)c(=O)c1. The van der Waals surface area contributed by atoms with Crippen molar-refractivity contribution < 1.29 is 9.53 Å². The van der Waals surface area contributed by atoms with Gasteiger partial charge in [0.05, 0.1) is 7.11 Å². The molecule has 0 bridgehead atoms. The number of H-pyrrole nitrogens is 1. The summed E-state index contributed by atoms with van der Waals surface area (Å²) in [5.41, 5.74) is 2.16. The molecule has 24 heavy (non-hydrogen) atoms. The quantitative estimate of drug-likeness (QED) is 0.754. The van der Waals surface area contributed by atoms with Crippen LogP contribution in [0.4, 0.5) is 0 Å². The number of aromatic nitrogens is 2. The maximum atomic E-state index is 12.2. The Morgan fingerprint density at radius 1 is 1.25 bits per heavy atom. The van der Waals surface area contributed by atoms with Crippen LogP contribution in [0.2, 0.25) is 0 Å². The maximum absolute atomic E-state index is 12.2. The number of aromatic amines is 1. The third-order valence-corrected chi connectivity index (χ3v) is 3.98. The normalized spacial score (nSPS) is 10.8. The second kappa shape index (κ2) is 6.62. The smallest absolute Gasteiger partial charge is 0.254 e. The van der Waals surface area contributed by atoms with Gasteiger partial charge in [-0.05, 0) is 36.6 Å². The summed E-state index contributed by atoms with van der Waals surface area (Å²) in [5, 5.41) is 3.91. The van der Waals surface area contributed by atoms with Gasteiger partial charge in [-0.15, -0.1) is 0 Å². The first-order valence-electron chi connectivity index (χ1n) is 7.69. The van der Waals surface area contributed by atoms with E-state index >= 15 is 0 Å². The van der Waals surface area contributed by atoms with Crippen molar-refractivity contribution in [1.29, 1.82) is 0 Å². The number of fused-ring (bicyclic) bond motifs is 1. The Hall–Kier alpha value is -3.02. The monoisotopic (exact) mass is 325 g/mol. The Kier molecular flexibility index (Phi) is 4.37. The average Bonchev–Trinajstić information content (AvgIpc) is 3.04. The molecule has 3 rings (SSSR count). The van der Waals surface area contributed by atoms with Crippen LogP contribution in [0.15, 0.2) is 47.4 Å². The van der Waals surface area contributed by atoms with Crippen molar-refractivity contribution >= 4 is 16.8 Å². The number of rotatable bonds is 5. The van der Waals surface area contributed by atoms with E-state index in [9.17, 15) is 9.59 Å². The first kappa shape index (κ1) is 15.9. The Morgan fingerprint density at radius 2 is 2.08 bits per heavy atom. The summed E-state index contributed by atoms with van der Waals surface area (Å²) in [4.78, 5) is 27.4. The molecule has 6 nitrogen and oxygen atoms in total. The van der Waals surface area contributed by atoms with Crippen LogP contribution < -0.4 is 15.6 Å². The summed E-state index contributed by atoms with van der Waals surface area (Å²) in [6.45, 7) is 2.62. The fourth-order valence-electron chi connectivity index (χ4n) is 2.68. The average molecular weight is 325 g/mol. The fraction of sp³-hybridized carbons (Fsp3) is 0.222. The van der Waals surface area contributed by atoms with Crippen molar-refractivity contribution in [2.24, 2.45) is 0 Å². The molecule has 124 valence electrons. The highest BCUT2D eigenvalue weighted by Gasteiger charge is 2.08. The van der Waals surface area contributed by atoms with Crippen LogP contribution in [0, 0.1) is 6.92 Å². The van der Waals surface area contributed by atoms with Crippen molar-refractivity contribution in [2.75, 3.05) is 13.7 Å². The molecule has 3 aromatic rings. The van der Waals surface area contributed by atoms with Crippen LogP contribution in [0.5, 0.6) is 5.75 Å². The van der Waals surface area contributed by atoms with E-state index in [1.54, 1.807) is 16.7 Å². The van der Waals surface area contributed by atoms with Gasteiger partial charge < -0.3 is 19.6 Å². The minimum Gasteiger partial charge on any atom is -0.496 e. The number of pyridine rings is 1. The van der Waals surface area contributed by atoms with Gasteiger partial charge in [-0.3, -0.25) is 9.59 Å². The molecule has 0 fully saturated rings. The topological polar surface area (TPSA) is 76.1 Å². The van der Waals surface area contributed by atoms with Crippen molar-refractivity contribution in [3.63, 3.8) is 0 Å². The summed E-state index contributed by atoms with van der Waals surface area (Å²) >= 11 is 0. The number of hydrogen-bond acceptors (Lipinski definition) is 3. The number of amides is 1. The van der Waals surface area contributed by atoms with Gasteiger partial charge in [0, 0.05) is 42.1 Å². The van der Waals surface area contributed by atoms with Gasteiger partial charge in [-0.25, -0.2) is 0 Å². The minimum absolute atomic E-state index is 0.145. The number of methoxy groups -OCH3 is 1. The second-order valence-electron chi connectivity index (χ2n) is 5.56. The van der Waals surface area contributed by atoms with Crippen LogP contribution >= 0.6 is 0 Å². The predicted octanol–water partition coefficient (Wildman–Crippen LogP) is 2.08. The second-order valence-corrected chi connectivity index (χ2v) is 5.56. The van der Waals surface area contributed by atoms with Gasteiger partial charge in [0.25, 0.3) is 11.5 Å². The van der Waals surface area contributed by atoms with Crippen LogP contribution in [-0.2, 0) is 6.54 Å². The molecule has 0 aliphatic heterocycles. The van der Waals surface area contributed by atoms with E-state index in [0.29, 0.717) is 24.4 Å². The van der Waals surface area contributed by atoms with Gasteiger partial charge in [-0.2, -0.15) is 0 Å². The highest BCUT2D eigenvalue weighted by atomic mass is 16.5. The summed E-state index contributed by atoms with van der Waals surface area (Å²) < 4.78 is 6.68. The molecular formula is C18H19N3O3.